The molecule has 9 heteroatoms. The Morgan fingerprint density at radius 1 is 1.27 bits per heavy atom. The number of thiophene rings is 1. The molecule has 1 aromatic carbocycles. The van der Waals surface area contributed by atoms with Crippen molar-refractivity contribution >= 4 is 50.7 Å². The lowest BCUT2D eigenvalue weighted by molar-refractivity contribution is 0.0337. The number of amides is 1. The smallest absolute Gasteiger partial charge is 0.350 e. The number of hydrogen-bond donors (Lipinski definition) is 1. The van der Waals surface area contributed by atoms with Crippen LogP contribution in [0.2, 0.25) is 5.02 Å². The molecule has 0 unspecified atom stereocenters. The number of aromatic nitrogens is 1. The number of fused-ring (bicyclic) bond motifs is 1. The largest absolute Gasteiger partial charge is 0.465 e. The van der Waals surface area contributed by atoms with Crippen LogP contribution >= 0.6 is 22.9 Å². The van der Waals surface area contributed by atoms with Gasteiger partial charge < -0.3 is 14.8 Å². The highest BCUT2D eigenvalue weighted by Gasteiger charge is 2.23. The van der Waals surface area contributed by atoms with E-state index >= 15 is 0 Å². The van der Waals surface area contributed by atoms with Gasteiger partial charge in [-0.25, -0.2) is 9.78 Å². The Morgan fingerprint density at radius 2 is 2.07 bits per heavy atom. The first-order valence-corrected chi connectivity index (χ1v) is 10.6. The van der Waals surface area contributed by atoms with Crippen molar-refractivity contribution in [3.05, 3.63) is 57.6 Å². The molecule has 30 heavy (non-hydrogen) atoms. The molecule has 156 valence electrons. The molecule has 1 saturated heterocycles. The number of methoxy groups -OCH3 is 1. The van der Waals surface area contributed by atoms with Gasteiger partial charge in [0.25, 0.3) is 5.91 Å². The van der Waals surface area contributed by atoms with E-state index in [1.165, 1.54) is 18.4 Å². The summed E-state index contributed by atoms with van der Waals surface area (Å²) in [6.45, 7) is 3.85. The van der Waals surface area contributed by atoms with Gasteiger partial charge in [0.1, 0.15) is 9.71 Å². The lowest BCUT2D eigenvalue weighted by atomic mass is 10.2. The molecular weight excluding hydrogens is 426 g/mol. The summed E-state index contributed by atoms with van der Waals surface area (Å²) in [5, 5.41) is 3.99. The number of carbonyl (C=O) groups is 2. The summed E-state index contributed by atoms with van der Waals surface area (Å²) in [6, 6.07) is 10.4. The van der Waals surface area contributed by atoms with Gasteiger partial charge in [-0.05, 0) is 30.3 Å². The zero-order chi connectivity index (χ0) is 21.1. The summed E-state index contributed by atoms with van der Waals surface area (Å²) in [6.07, 6.45) is 0. The Labute approximate surface area is 182 Å². The first-order valence-electron chi connectivity index (χ1n) is 9.43. The van der Waals surface area contributed by atoms with Crippen LogP contribution in [0.5, 0.6) is 0 Å². The zero-order valence-corrected chi connectivity index (χ0v) is 17.9. The van der Waals surface area contributed by atoms with Crippen molar-refractivity contribution in [2.75, 3.05) is 38.7 Å². The highest BCUT2D eigenvalue weighted by molar-refractivity contribution is 7.21. The van der Waals surface area contributed by atoms with Crippen LogP contribution in [0.15, 0.2) is 36.4 Å². The molecule has 1 N–H and O–H groups in total. The number of nitrogens with one attached hydrogen (secondary N) is 1. The number of carbonyl (C=O) groups excluding carboxylic acids is 2. The Balaban J connectivity index is 1.66. The molecule has 1 amide bonds. The maximum Gasteiger partial charge on any atom is 0.350 e. The van der Waals surface area contributed by atoms with E-state index in [4.69, 9.17) is 26.1 Å². The van der Waals surface area contributed by atoms with Crippen LogP contribution in [0.1, 0.15) is 25.7 Å². The topological polar surface area (TPSA) is 80.8 Å². The minimum absolute atomic E-state index is 0.305. The SMILES string of the molecule is COC(=O)c1sc2nc(CN3CCOCC3)ccc2c1NC(=O)c1cccc(Cl)c1. The second-order valence-corrected chi connectivity index (χ2v) is 8.24. The lowest BCUT2D eigenvalue weighted by Gasteiger charge is -2.26. The molecule has 0 bridgehead atoms. The second kappa shape index (κ2) is 9.09. The number of rotatable bonds is 5. The van der Waals surface area contributed by atoms with Gasteiger partial charge in [-0.3, -0.25) is 9.69 Å². The summed E-state index contributed by atoms with van der Waals surface area (Å²) in [5.41, 5.74) is 1.70. The Morgan fingerprint density at radius 3 is 2.80 bits per heavy atom. The van der Waals surface area contributed by atoms with Crippen LogP contribution < -0.4 is 5.32 Å². The van der Waals surface area contributed by atoms with E-state index in [1.807, 2.05) is 12.1 Å². The van der Waals surface area contributed by atoms with Crippen LogP contribution in [0.4, 0.5) is 5.69 Å². The maximum absolute atomic E-state index is 12.7. The van der Waals surface area contributed by atoms with Gasteiger partial charge in [0.2, 0.25) is 0 Å². The molecule has 1 fully saturated rings. The molecule has 1 aliphatic heterocycles. The summed E-state index contributed by atoms with van der Waals surface area (Å²) in [7, 11) is 1.31. The summed E-state index contributed by atoms with van der Waals surface area (Å²) < 4.78 is 10.3. The zero-order valence-electron chi connectivity index (χ0n) is 16.3. The van der Waals surface area contributed by atoms with Crippen molar-refractivity contribution in [3.63, 3.8) is 0 Å². The van der Waals surface area contributed by atoms with E-state index in [2.05, 4.69) is 10.2 Å². The van der Waals surface area contributed by atoms with Crippen molar-refractivity contribution in [1.29, 1.82) is 0 Å². The first-order chi connectivity index (χ1) is 14.5. The highest BCUT2D eigenvalue weighted by atomic mass is 35.5. The van der Waals surface area contributed by atoms with Crippen LogP contribution in [-0.2, 0) is 16.0 Å². The molecule has 3 heterocycles. The fraction of sp³-hybridized carbons (Fsp3) is 0.286. The van der Waals surface area contributed by atoms with Crippen molar-refractivity contribution in [2.24, 2.45) is 0 Å². The van der Waals surface area contributed by atoms with E-state index in [0.29, 0.717) is 51.1 Å². The van der Waals surface area contributed by atoms with Crippen LogP contribution in [0.3, 0.4) is 0 Å². The van der Waals surface area contributed by atoms with E-state index in [1.54, 1.807) is 24.3 Å². The van der Waals surface area contributed by atoms with Gasteiger partial charge in [-0.15, -0.1) is 11.3 Å². The van der Waals surface area contributed by atoms with Crippen molar-refractivity contribution in [3.8, 4) is 0 Å². The molecule has 3 aromatic rings. The van der Waals surface area contributed by atoms with E-state index in [9.17, 15) is 9.59 Å². The number of nitrogens with zero attached hydrogens (tertiary/aromatic N) is 2. The number of anilines is 1. The molecule has 0 spiro atoms. The Kier molecular flexibility index (Phi) is 6.29. The third-order valence-electron chi connectivity index (χ3n) is 4.80. The normalized spacial score (nSPS) is 14.6. The standard InChI is InChI=1S/C21H20ClN3O4S/c1-28-21(27)18-17(24-19(26)13-3-2-4-14(22)11-13)16-6-5-15(23-20(16)30-18)12-25-7-9-29-10-8-25/h2-6,11H,7-10,12H2,1H3,(H,24,26). The van der Waals surface area contributed by atoms with Gasteiger partial charge in [0.05, 0.1) is 31.7 Å². The molecule has 1 aliphatic rings. The monoisotopic (exact) mass is 445 g/mol. The van der Waals surface area contributed by atoms with Crippen LogP contribution in [0, 0.1) is 0 Å². The fourth-order valence-electron chi connectivity index (χ4n) is 3.27. The lowest BCUT2D eigenvalue weighted by Crippen LogP contribution is -2.35. The molecule has 0 aliphatic carbocycles. The average Bonchev–Trinajstić information content (AvgIpc) is 3.11. The van der Waals surface area contributed by atoms with Gasteiger partial charge in [-0.2, -0.15) is 0 Å². The number of pyridine rings is 1. The van der Waals surface area contributed by atoms with Gasteiger partial charge in [-0.1, -0.05) is 17.7 Å². The van der Waals surface area contributed by atoms with E-state index < -0.39 is 5.97 Å². The maximum atomic E-state index is 12.7. The third kappa shape index (κ3) is 4.46. The highest BCUT2D eigenvalue weighted by Crippen LogP contribution is 2.36. The molecule has 7 nitrogen and oxygen atoms in total. The minimum atomic E-state index is -0.519. The second-order valence-electron chi connectivity index (χ2n) is 6.81. The number of esters is 1. The number of morpholine rings is 1. The van der Waals surface area contributed by atoms with Crippen LogP contribution in [0.25, 0.3) is 10.2 Å². The number of halogens is 1. The average molecular weight is 446 g/mol. The van der Waals surface area contributed by atoms with E-state index in [0.717, 1.165) is 18.8 Å². The Hall–Kier alpha value is -2.52. The predicted molar refractivity (Wildman–Crippen MR) is 116 cm³/mol. The quantitative estimate of drug-likeness (QED) is 0.601. The predicted octanol–water partition coefficient (Wildman–Crippen LogP) is 3.82. The van der Waals surface area contributed by atoms with E-state index in [-0.39, 0.29) is 5.91 Å². The molecule has 4 rings (SSSR count). The van der Waals surface area contributed by atoms with Gasteiger partial charge in [0.15, 0.2) is 0 Å². The molecular formula is C21H20ClN3O4S. The van der Waals surface area contributed by atoms with Crippen molar-refractivity contribution < 1.29 is 19.1 Å². The first kappa shape index (κ1) is 20.7. The van der Waals surface area contributed by atoms with Crippen LogP contribution in [-0.4, -0.2) is 55.2 Å². The number of hydrogen-bond acceptors (Lipinski definition) is 7. The van der Waals surface area contributed by atoms with Gasteiger partial charge in [0, 0.05) is 35.6 Å². The molecule has 2 aromatic heterocycles. The number of benzene rings is 1. The van der Waals surface area contributed by atoms with Crippen molar-refractivity contribution in [2.45, 2.75) is 6.54 Å². The minimum Gasteiger partial charge on any atom is -0.465 e. The third-order valence-corrected chi connectivity index (χ3v) is 6.11. The summed E-state index contributed by atoms with van der Waals surface area (Å²) >= 11 is 7.20. The van der Waals surface area contributed by atoms with Gasteiger partial charge >= 0.3 is 5.97 Å². The Bertz CT molecular complexity index is 1100. The fourth-order valence-corrected chi connectivity index (χ4v) is 4.53. The molecule has 0 radical (unpaired) electrons. The molecule has 0 atom stereocenters. The summed E-state index contributed by atoms with van der Waals surface area (Å²) in [5.74, 6) is -0.881. The van der Waals surface area contributed by atoms with Crippen molar-refractivity contribution in [1.82, 2.24) is 9.88 Å². The summed E-state index contributed by atoms with van der Waals surface area (Å²) in [4.78, 5) is 33.1. The number of ether oxygens (including phenoxy) is 2. The molecule has 0 saturated carbocycles.